The minimum absolute atomic E-state index is 0.402. The number of primary amides is 1. The number of rotatable bonds is 1. The molecule has 0 spiro atoms. The topological polar surface area (TPSA) is 58.8 Å². The monoisotopic (exact) mass is 207 g/mol. The van der Waals surface area contributed by atoms with Gasteiger partial charge >= 0.3 is 6.03 Å². The van der Waals surface area contributed by atoms with Crippen molar-refractivity contribution in [3.8, 4) is 5.75 Å². The number of carbonyl (C=O) groups excluding carboxylic acids is 1. The molecule has 2 N–H and O–H groups in total. The molecular formula is C10H13N3O2. The van der Waals surface area contributed by atoms with E-state index in [0.717, 1.165) is 16.3 Å². The van der Waals surface area contributed by atoms with Gasteiger partial charge in [-0.05, 0) is 12.1 Å². The summed E-state index contributed by atoms with van der Waals surface area (Å²) in [4.78, 5) is 18.2. The summed E-state index contributed by atoms with van der Waals surface area (Å²) in [6, 6.07) is 5.12. The maximum atomic E-state index is 11.0. The van der Waals surface area contributed by atoms with Crippen LogP contribution in [0.15, 0.2) is 18.2 Å². The fourth-order valence-corrected chi connectivity index (χ4v) is 1.63. The molecule has 1 aromatic rings. The summed E-state index contributed by atoms with van der Waals surface area (Å²) in [5, 5.41) is 1.15. The zero-order chi connectivity index (χ0) is 11.0. The summed E-state index contributed by atoms with van der Waals surface area (Å²) < 4.78 is 0. The van der Waals surface area contributed by atoms with E-state index in [2.05, 4.69) is 0 Å². The lowest BCUT2D eigenvalue weighted by molar-refractivity contribution is 0.00795. The molecule has 5 heteroatoms. The van der Waals surface area contributed by atoms with Gasteiger partial charge in [0.25, 0.3) is 0 Å². The largest absolute Gasteiger partial charge is 0.377 e. The zero-order valence-electron chi connectivity index (χ0n) is 8.73. The summed E-state index contributed by atoms with van der Waals surface area (Å²) in [5.74, 6) is 0.694. The highest BCUT2D eigenvalue weighted by Gasteiger charge is 2.26. The highest BCUT2D eigenvalue weighted by molar-refractivity contribution is 5.73. The van der Waals surface area contributed by atoms with E-state index in [1.54, 1.807) is 0 Å². The first-order valence-electron chi connectivity index (χ1n) is 4.63. The fourth-order valence-electron chi connectivity index (χ4n) is 1.63. The number of carbonyl (C=O) groups is 1. The minimum atomic E-state index is -0.573. The first-order valence-corrected chi connectivity index (χ1v) is 4.63. The molecule has 1 aliphatic rings. The maximum absolute atomic E-state index is 11.0. The van der Waals surface area contributed by atoms with Crippen LogP contribution in [0.25, 0.3) is 0 Å². The van der Waals surface area contributed by atoms with Crippen molar-refractivity contribution in [3.63, 3.8) is 0 Å². The number of hydrogen-bond acceptors (Lipinski definition) is 3. The van der Waals surface area contributed by atoms with Crippen LogP contribution in [0.4, 0.5) is 10.5 Å². The molecule has 1 aromatic carbocycles. The van der Waals surface area contributed by atoms with Crippen LogP contribution in [-0.2, 0) is 6.54 Å². The van der Waals surface area contributed by atoms with Crippen molar-refractivity contribution >= 4 is 11.7 Å². The van der Waals surface area contributed by atoms with Crippen molar-refractivity contribution in [2.24, 2.45) is 5.73 Å². The Morgan fingerprint density at radius 3 is 2.87 bits per heavy atom. The molecule has 0 unspecified atom stereocenters. The minimum Gasteiger partial charge on any atom is -0.377 e. The molecule has 80 valence electrons. The molecule has 0 aromatic heterocycles. The summed E-state index contributed by atoms with van der Waals surface area (Å²) in [5.41, 5.74) is 7.18. The maximum Gasteiger partial charge on any atom is 0.348 e. The van der Waals surface area contributed by atoms with E-state index in [-0.39, 0.29) is 0 Å². The van der Waals surface area contributed by atoms with Crippen LogP contribution in [0.2, 0.25) is 0 Å². The molecule has 15 heavy (non-hydrogen) atoms. The van der Waals surface area contributed by atoms with Gasteiger partial charge in [0.1, 0.15) is 0 Å². The summed E-state index contributed by atoms with van der Waals surface area (Å²) in [6.45, 7) is 0.402. The van der Waals surface area contributed by atoms with Crippen LogP contribution < -0.4 is 15.5 Å². The number of nitrogens with two attached hydrogens (primary N) is 1. The van der Waals surface area contributed by atoms with Crippen molar-refractivity contribution in [1.29, 1.82) is 0 Å². The SMILES string of the molecule is CN(C)c1cccc2c1CN(C(N)=O)O2. The van der Waals surface area contributed by atoms with Gasteiger partial charge in [-0.25, -0.2) is 4.79 Å². The van der Waals surface area contributed by atoms with Crippen molar-refractivity contribution < 1.29 is 9.63 Å². The van der Waals surface area contributed by atoms with Crippen LogP contribution in [0.3, 0.4) is 0 Å². The molecule has 0 atom stereocenters. The number of nitrogens with zero attached hydrogens (tertiary/aromatic N) is 2. The van der Waals surface area contributed by atoms with Crippen molar-refractivity contribution in [2.45, 2.75) is 6.54 Å². The molecular weight excluding hydrogens is 194 g/mol. The van der Waals surface area contributed by atoms with E-state index < -0.39 is 6.03 Å². The summed E-state index contributed by atoms with van der Waals surface area (Å²) in [6.07, 6.45) is 0. The molecule has 0 bridgehead atoms. The molecule has 1 heterocycles. The molecule has 2 amide bonds. The van der Waals surface area contributed by atoms with E-state index in [4.69, 9.17) is 10.6 Å². The Balaban J connectivity index is 2.37. The fraction of sp³-hybridized carbons (Fsp3) is 0.300. The van der Waals surface area contributed by atoms with Gasteiger partial charge in [0, 0.05) is 25.3 Å². The molecule has 0 saturated heterocycles. The molecule has 0 aliphatic carbocycles. The highest BCUT2D eigenvalue weighted by Crippen LogP contribution is 2.34. The Kier molecular flexibility index (Phi) is 2.15. The molecule has 5 nitrogen and oxygen atoms in total. The van der Waals surface area contributed by atoms with E-state index >= 15 is 0 Å². The molecule has 2 rings (SSSR count). The molecule has 0 fully saturated rings. The van der Waals surface area contributed by atoms with Gasteiger partial charge in [0.05, 0.1) is 6.54 Å². The highest BCUT2D eigenvalue weighted by atomic mass is 16.7. The van der Waals surface area contributed by atoms with Crippen molar-refractivity contribution in [2.75, 3.05) is 19.0 Å². The lowest BCUT2D eigenvalue weighted by atomic mass is 10.1. The Morgan fingerprint density at radius 2 is 2.27 bits per heavy atom. The molecule has 0 radical (unpaired) electrons. The Bertz CT molecular complexity index is 404. The second-order valence-electron chi connectivity index (χ2n) is 3.61. The van der Waals surface area contributed by atoms with Gasteiger partial charge in [-0.1, -0.05) is 6.07 Å². The Hall–Kier alpha value is -1.91. The van der Waals surface area contributed by atoms with Crippen molar-refractivity contribution in [1.82, 2.24) is 5.06 Å². The quantitative estimate of drug-likeness (QED) is 0.745. The zero-order valence-corrected chi connectivity index (χ0v) is 8.73. The van der Waals surface area contributed by atoms with Gasteiger partial charge in [-0.2, -0.15) is 5.06 Å². The third-order valence-electron chi connectivity index (χ3n) is 2.35. The van der Waals surface area contributed by atoms with Crippen LogP contribution in [0.5, 0.6) is 5.75 Å². The second-order valence-corrected chi connectivity index (χ2v) is 3.61. The number of anilines is 1. The van der Waals surface area contributed by atoms with Crippen LogP contribution in [0, 0.1) is 0 Å². The number of urea groups is 1. The van der Waals surface area contributed by atoms with Crippen LogP contribution in [-0.4, -0.2) is 25.2 Å². The number of amides is 2. The third kappa shape index (κ3) is 1.56. The number of hydrogen-bond donors (Lipinski definition) is 1. The number of benzene rings is 1. The van der Waals surface area contributed by atoms with Gasteiger partial charge in [0.15, 0.2) is 5.75 Å². The van der Waals surface area contributed by atoms with Gasteiger partial charge in [-0.3, -0.25) is 0 Å². The second kappa shape index (κ2) is 3.34. The van der Waals surface area contributed by atoms with Crippen molar-refractivity contribution in [3.05, 3.63) is 23.8 Å². The smallest absolute Gasteiger partial charge is 0.348 e. The lowest BCUT2D eigenvalue weighted by Crippen LogP contribution is -2.34. The van der Waals surface area contributed by atoms with E-state index in [1.807, 2.05) is 37.2 Å². The van der Waals surface area contributed by atoms with Crippen LogP contribution in [0.1, 0.15) is 5.56 Å². The standard InChI is InChI=1S/C10H13N3O2/c1-12(2)8-4-3-5-9-7(8)6-13(15-9)10(11)14/h3-5H,6H2,1-2H3,(H2,11,14). The summed E-state index contributed by atoms with van der Waals surface area (Å²) >= 11 is 0. The Labute approximate surface area is 88.0 Å². The Morgan fingerprint density at radius 1 is 1.53 bits per heavy atom. The molecule has 1 aliphatic heterocycles. The lowest BCUT2D eigenvalue weighted by Gasteiger charge is -2.14. The van der Waals surface area contributed by atoms with E-state index in [1.165, 1.54) is 0 Å². The first kappa shape index (κ1) is 9.64. The predicted octanol–water partition coefficient (Wildman–Crippen LogP) is 0.941. The normalized spacial score (nSPS) is 13.3. The number of fused-ring (bicyclic) bond motifs is 1. The van der Waals surface area contributed by atoms with Gasteiger partial charge in [-0.15, -0.1) is 0 Å². The number of hydroxylamine groups is 2. The van der Waals surface area contributed by atoms with E-state index in [0.29, 0.717) is 12.3 Å². The van der Waals surface area contributed by atoms with E-state index in [9.17, 15) is 4.79 Å². The first-order chi connectivity index (χ1) is 7.09. The van der Waals surface area contributed by atoms with Gasteiger partial charge in [0.2, 0.25) is 0 Å². The van der Waals surface area contributed by atoms with Gasteiger partial charge < -0.3 is 15.5 Å². The third-order valence-corrected chi connectivity index (χ3v) is 2.35. The summed E-state index contributed by atoms with van der Waals surface area (Å²) in [7, 11) is 3.89. The predicted molar refractivity (Wildman–Crippen MR) is 56.5 cm³/mol. The average Bonchev–Trinajstić information content (AvgIpc) is 2.60. The molecule has 0 saturated carbocycles. The average molecular weight is 207 g/mol. The van der Waals surface area contributed by atoms with Crippen LogP contribution >= 0.6 is 0 Å².